The third-order valence-electron chi connectivity index (χ3n) is 3.78. The first kappa shape index (κ1) is 16.0. The van der Waals surface area contributed by atoms with Crippen molar-refractivity contribution in [3.8, 4) is 0 Å². The molecule has 0 bridgehead atoms. The van der Waals surface area contributed by atoms with Crippen LogP contribution in [0.3, 0.4) is 0 Å². The molecule has 3 heterocycles. The Morgan fingerprint density at radius 3 is 2.82 bits per heavy atom. The minimum Gasteiger partial charge on any atom is -0.359 e. The van der Waals surface area contributed by atoms with E-state index in [4.69, 9.17) is 16.1 Å². The van der Waals surface area contributed by atoms with Crippen molar-refractivity contribution in [2.24, 2.45) is 0 Å². The molecule has 8 heteroatoms. The van der Waals surface area contributed by atoms with Gasteiger partial charge in [0.1, 0.15) is 4.21 Å². The molecule has 0 saturated carbocycles. The van der Waals surface area contributed by atoms with Crippen LogP contribution in [0.25, 0.3) is 0 Å². The van der Waals surface area contributed by atoms with E-state index in [-0.39, 0.29) is 16.2 Å². The van der Waals surface area contributed by atoms with Crippen LogP contribution in [0.5, 0.6) is 0 Å². The van der Waals surface area contributed by atoms with Crippen molar-refractivity contribution in [1.82, 2.24) is 9.46 Å². The molecule has 2 aromatic heterocycles. The van der Waals surface area contributed by atoms with Gasteiger partial charge in [0.05, 0.1) is 16.1 Å². The second-order valence-electron chi connectivity index (χ2n) is 5.64. The number of rotatable bonds is 4. The molecule has 0 unspecified atom stereocenters. The van der Waals surface area contributed by atoms with Crippen molar-refractivity contribution in [2.45, 2.75) is 42.9 Å². The Kier molecular flexibility index (Phi) is 4.33. The van der Waals surface area contributed by atoms with E-state index in [0.29, 0.717) is 16.6 Å². The fourth-order valence-electron chi connectivity index (χ4n) is 2.60. The number of nitrogens with zero attached hydrogens (tertiary/aromatic N) is 2. The smallest absolute Gasteiger partial charge is 0.253 e. The predicted molar refractivity (Wildman–Crippen MR) is 85.8 cm³/mol. The topological polar surface area (TPSA) is 63.4 Å². The van der Waals surface area contributed by atoms with Gasteiger partial charge in [0.25, 0.3) is 10.0 Å². The molecule has 1 atom stereocenters. The number of sulfonamides is 1. The highest BCUT2D eigenvalue weighted by molar-refractivity contribution is 7.91. The average Bonchev–Trinajstić information content (AvgIpc) is 3.18. The van der Waals surface area contributed by atoms with E-state index in [9.17, 15) is 8.42 Å². The molecule has 0 N–H and O–H groups in total. The molecule has 0 aliphatic carbocycles. The van der Waals surface area contributed by atoms with Gasteiger partial charge in [-0.15, -0.1) is 11.3 Å². The van der Waals surface area contributed by atoms with Crippen LogP contribution in [-0.2, 0) is 10.0 Å². The van der Waals surface area contributed by atoms with Crippen molar-refractivity contribution in [1.29, 1.82) is 0 Å². The molecule has 5 nitrogen and oxygen atoms in total. The SMILES string of the molecule is CC(C)c1cc([C@H]2CCCN2S(=O)(=O)c2ccc(Cl)s2)on1. The summed E-state index contributed by atoms with van der Waals surface area (Å²) in [6.45, 7) is 4.54. The summed E-state index contributed by atoms with van der Waals surface area (Å²) in [5, 5.41) is 4.04. The first-order valence-electron chi connectivity index (χ1n) is 7.13. The van der Waals surface area contributed by atoms with Crippen LogP contribution < -0.4 is 0 Å². The average molecular weight is 361 g/mol. The summed E-state index contributed by atoms with van der Waals surface area (Å²) >= 11 is 6.95. The minimum absolute atomic E-state index is 0.250. The molecule has 22 heavy (non-hydrogen) atoms. The Morgan fingerprint density at radius 1 is 1.45 bits per heavy atom. The molecule has 1 aliphatic rings. The minimum atomic E-state index is -3.55. The van der Waals surface area contributed by atoms with Crippen LogP contribution in [0.2, 0.25) is 4.34 Å². The van der Waals surface area contributed by atoms with Crippen LogP contribution >= 0.6 is 22.9 Å². The Morgan fingerprint density at radius 2 is 2.23 bits per heavy atom. The molecular formula is C14H17ClN2O3S2. The van der Waals surface area contributed by atoms with Crippen molar-refractivity contribution in [3.63, 3.8) is 0 Å². The van der Waals surface area contributed by atoms with E-state index in [1.54, 1.807) is 12.1 Å². The summed E-state index contributed by atoms with van der Waals surface area (Å²) in [5.74, 6) is 0.868. The zero-order valence-electron chi connectivity index (χ0n) is 12.3. The second kappa shape index (κ2) is 5.96. The fourth-order valence-corrected chi connectivity index (χ4v) is 5.87. The largest absolute Gasteiger partial charge is 0.359 e. The number of hydrogen-bond donors (Lipinski definition) is 0. The number of halogens is 1. The fraction of sp³-hybridized carbons (Fsp3) is 0.500. The van der Waals surface area contributed by atoms with Crippen molar-refractivity contribution < 1.29 is 12.9 Å². The van der Waals surface area contributed by atoms with E-state index >= 15 is 0 Å². The predicted octanol–water partition coefficient (Wildman–Crippen LogP) is 4.04. The Labute approximate surface area is 138 Å². The summed E-state index contributed by atoms with van der Waals surface area (Å²) in [5.41, 5.74) is 0.846. The monoisotopic (exact) mass is 360 g/mol. The quantitative estimate of drug-likeness (QED) is 0.825. The summed E-state index contributed by atoms with van der Waals surface area (Å²) < 4.78 is 33.2. The van der Waals surface area contributed by atoms with Crippen LogP contribution in [0.1, 0.15) is 50.1 Å². The second-order valence-corrected chi connectivity index (χ2v) is 9.47. The zero-order valence-corrected chi connectivity index (χ0v) is 14.7. The molecule has 1 aliphatic heterocycles. The molecule has 2 aromatic rings. The number of hydrogen-bond acceptors (Lipinski definition) is 5. The van der Waals surface area contributed by atoms with Gasteiger partial charge >= 0.3 is 0 Å². The van der Waals surface area contributed by atoms with Crippen molar-refractivity contribution >= 4 is 33.0 Å². The van der Waals surface area contributed by atoms with Gasteiger partial charge in [-0.3, -0.25) is 0 Å². The highest BCUT2D eigenvalue weighted by Gasteiger charge is 2.39. The van der Waals surface area contributed by atoms with E-state index < -0.39 is 10.0 Å². The molecule has 3 rings (SSSR count). The van der Waals surface area contributed by atoms with Gasteiger partial charge in [-0.2, -0.15) is 4.31 Å². The lowest BCUT2D eigenvalue weighted by Gasteiger charge is -2.21. The highest BCUT2D eigenvalue weighted by atomic mass is 35.5. The van der Waals surface area contributed by atoms with Gasteiger partial charge in [0.15, 0.2) is 5.76 Å². The molecule has 1 saturated heterocycles. The van der Waals surface area contributed by atoms with Gasteiger partial charge in [-0.25, -0.2) is 8.42 Å². The number of thiophene rings is 1. The summed E-state index contributed by atoms with van der Waals surface area (Å²) in [6.07, 6.45) is 1.55. The van der Waals surface area contributed by atoms with Gasteiger partial charge in [0, 0.05) is 12.6 Å². The molecule has 120 valence electrons. The third-order valence-corrected chi connectivity index (χ3v) is 7.39. The summed E-state index contributed by atoms with van der Waals surface area (Å²) in [4.78, 5) is 0. The molecular weight excluding hydrogens is 344 g/mol. The van der Waals surface area contributed by atoms with E-state index in [1.807, 2.05) is 19.9 Å². The van der Waals surface area contributed by atoms with Gasteiger partial charge in [0.2, 0.25) is 0 Å². The lowest BCUT2D eigenvalue weighted by molar-refractivity contribution is 0.296. The maximum absolute atomic E-state index is 12.8. The van der Waals surface area contributed by atoms with Gasteiger partial charge in [-0.05, 0) is 30.9 Å². The van der Waals surface area contributed by atoms with E-state index in [0.717, 1.165) is 29.9 Å². The lowest BCUT2D eigenvalue weighted by atomic mass is 10.1. The van der Waals surface area contributed by atoms with Crippen LogP contribution in [-0.4, -0.2) is 24.4 Å². The van der Waals surface area contributed by atoms with Gasteiger partial charge in [-0.1, -0.05) is 30.6 Å². The standard InChI is InChI=1S/C14H17ClN2O3S2/c1-9(2)10-8-12(20-16-10)11-4-3-7-17(11)22(18,19)14-6-5-13(15)21-14/h5-6,8-9,11H,3-4,7H2,1-2H3/t11-/m1/s1. The van der Waals surface area contributed by atoms with Crippen LogP contribution in [0.4, 0.5) is 0 Å². The lowest BCUT2D eigenvalue weighted by Crippen LogP contribution is -2.30. The van der Waals surface area contributed by atoms with Crippen LogP contribution in [0.15, 0.2) is 26.9 Å². The maximum Gasteiger partial charge on any atom is 0.253 e. The summed E-state index contributed by atoms with van der Waals surface area (Å²) in [6, 6.07) is 4.74. The van der Waals surface area contributed by atoms with E-state index in [2.05, 4.69) is 5.16 Å². The maximum atomic E-state index is 12.8. The van der Waals surface area contributed by atoms with Crippen molar-refractivity contribution in [2.75, 3.05) is 6.54 Å². The molecule has 0 spiro atoms. The third kappa shape index (κ3) is 2.82. The molecule has 1 fully saturated rings. The normalized spacial score (nSPS) is 20.1. The van der Waals surface area contributed by atoms with Gasteiger partial charge < -0.3 is 4.52 Å². The van der Waals surface area contributed by atoms with E-state index in [1.165, 1.54) is 4.31 Å². The Hall–Kier alpha value is -0.890. The Bertz CT molecular complexity index is 767. The van der Waals surface area contributed by atoms with Crippen LogP contribution in [0, 0.1) is 0 Å². The molecule has 0 amide bonds. The first-order chi connectivity index (χ1) is 10.4. The summed E-state index contributed by atoms with van der Waals surface area (Å²) in [7, 11) is -3.55. The van der Waals surface area contributed by atoms with Crippen molar-refractivity contribution in [3.05, 3.63) is 34.0 Å². The first-order valence-corrected chi connectivity index (χ1v) is 9.76. The molecule has 0 aromatic carbocycles. The highest BCUT2D eigenvalue weighted by Crippen LogP contribution is 2.39. The Balaban J connectivity index is 1.92. The molecule has 0 radical (unpaired) electrons. The zero-order chi connectivity index (χ0) is 15.9. The number of aromatic nitrogens is 1.